The summed E-state index contributed by atoms with van der Waals surface area (Å²) in [5.41, 5.74) is -0.826. The molecule has 0 aliphatic carbocycles. The van der Waals surface area contributed by atoms with Crippen LogP contribution in [0.4, 0.5) is 26.3 Å². The third-order valence-electron chi connectivity index (χ3n) is 5.43. The fourth-order valence-electron chi connectivity index (χ4n) is 3.56. The van der Waals surface area contributed by atoms with E-state index in [2.05, 4.69) is 15.2 Å². The van der Waals surface area contributed by atoms with E-state index in [1.165, 1.54) is 48.5 Å². The topological polar surface area (TPSA) is 120 Å². The Kier molecular flexibility index (Phi) is 8.02. The van der Waals surface area contributed by atoms with Crippen LogP contribution in [0.5, 0.6) is 0 Å². The average molecular weight is 590 g/mol. The van der Waals surface area contributed by atoms with Crippen LogP contribution in [0.1, 0.15) is 16.2 Å². The van der Waals surface area contributed by atoms with Gasteiger partial charge >= 0.3 is 18.0 Å². The van der Waals surface area contributed by atoms with Gasteiger partial charge in [-0.15, -0.1) is 10.2 Å². The minimum absolute atomic E-state index is 0.0590. The normalized spacial score (nSPS) is 12.9. The van der Waals surface area contributed by atoms with Crippen molar-refractivity contribution in [1.29, 1.82) is 0 Å². The van der Waals surface area contributed by atoms with Crippen LogP contribution in [0.3, 0.4) is 0 Å². The molecule has 4 rings (SSSR count). The van der Waals surface area contributed by atoms with Gasteiger partial charge in [-0.2, -0.15) is 26.3 Å². The van der Waals surface area contributed by atoms with Crippen molar-refractivity contribution < 1.29 is 36.2 Å². The Labute approximate surface area is 225 Å². The molecule has 2 N–H and O–H groups in total. The summed E-state index contributed by atoms with van der Waals surface area (Å²) in [6.07, 6.45) is -11.3. The lowest BCUT2D eigenvalue weighted by atomic mass is 10.1. The number of benzene rings is 2. The average Bonchev–Trinajstić information content (AvgIpc) is 3.47. The second-order valence-electron chi connectivity index (χ2n) is 8.36. The molecule has 0 aliphatic rings. The molecule has 0 saturated heterocycles. The van der Waals surface area contributed by atoms with E-state index in [0.29, 0.717) is 9.59 Å². The number of hydrogen-bond acceptors (Lipinski definition) is 6. The molecule has 0 saturated carbocycles. The van der Waals surface area contributed by atoms with Gasteiger partial charge in [0.1, 0.15) is 19.4 Å². The SMILES string of the molecule is O=C(NCC(F)(F)F)c1ccccc1-n1cnc(Cn2nc(-c3ccc(Cl)cc3)n(C[C@@H](O)C(F)(F)F)c2=O)n1. The van der Waals surface area contributed by atoms with E-state index < -0.39 is 49.7 Å². The zero-order valence-corrected chi connectivity index (χ0v) is 20.7. The Morgan fingerprint density at radius 1 is 1.02 bits per heavy atom. The Morgan fingerprint density at radius 3 is 2.35 bits per heavy atom. The fourth-order valence-corrected chi connectivity index (χ4v) is 3.68. The highest BCUT2D eigenvalue weighted by atomic mass is 35.5. The van der Waals surface area contributed by atoms with Crippen molar-refractivity contribution in [3.63, 3.8) is 0 Å². The molecule has 17 heteroatoms. The first kappa shape index (κ1) is 28.8. The number of aliphatic hydroxyl groups is 1. The molecule has 2 heterocycles. The monoisotopic (exact) mass is 589 g/mol. The van der Waals surface area contributed by atoms with Crippen LogP contribution in [0.2, 0.25) is 5.02 Å². The predicted molar refractivity (Wildman–Crippen MR) is 128 cm³/mol. The molecular formula is C23H18ClF6N7O3. The van der Waals surface area contributed by atoms with Crippen LogP contribution in [0.15, 0.2) is 59.7 Å². The number of aromatic nitrogens is 6. The van der Waals surface area contributed by atoms with E-state index in [4.69, 9.17) is 11.6 Å². The summed E-state index contributed by atoms with van der Waals surface area (Å²) in [4.78, 5) is 29.4. The lowest BCUT2D eigenvalue weighted by Gasteiger charge is -2.15. The van der Waals surface area contributed by atoms with Gasteiger partial charge in [0.25, 0.3) is 5.91 Å². The van der Waals surface area contributed by atoms with Crippen molar-refractivity contribution in [2.75, 3.05) is 6.54 Å². The Hall–Kier alpha value is -4.18. The summed E-state index contributed by atoms with van der Waals surface area (Å²) in [6, 6.07) is 11.4. The highest BCUT2D eigenvalue weighted by molar-refractivity contribution is 6.30. The lowest BCUT2D eigenvalue weighted by Crippen LogP contribution is -2.37. The number of amides is 1. The third-order valence-corrected chi connectivity index (χ3v) is 5.69. The predicted octanol–water partition coefficient (Wildman–Crippen LogP) is 3.21. The number of nitrogens with one attached hydrogen (secondary N) is 1. The van der Waals surface area contributed by atoms with E-state index in [9.17, 15) is 41.0 Å². The molecule has 0 unspecified atom stereocenters. The maximum absolute atomic E-state index is 13.1. The van der Waals surface area contributed by atoms with Gasteiger partial charge in [0, 0.05) is 10.6 Å². The molecule has 40 heavy (non-hydrogen) atoms. The van der Waals surface area contributed by atoms with Crippen molar-refractivity contribution in [3.05, 3.63) is 81.8 Å². The minimum atomic E-state index is -5.00. The molecule has 0 spiro atoms. The number of halogens is 7. The fraction of sp³-hybridized carbons (Fsp3) is 0.261. The van der Waals surface area contributed by atoms with Gasteiger partial charge < -0.3 is 10.4 Å². The van der Waals surface area contributed by atoms with Crippen molar-refractivity contribution in [2.24, 2.45) is 0 Å². The van der Waals surface area contributed by atoms with Crippen molar-refractivity contribution in [1.82, 2.24) is 34.4 Å². The van der Waals surface area contributed by atoms with E-state index in [0.717, 1.165) is 15.7 Å². The van der Waals surface area contributed by atoms with Crippen molar-refractivity contribution in [2.45, 2.75) is 31.5 Å². The first-order valence-corrected chi connectivity index (χ1v) is 11.6. The molecule has 212 valence electrons. The summed E-state index contributed by atoms with van der Waals surface area (Å²) in [6.45, 7) is -3.11. The molecule has 0 aliphatic heterocycles. The largest absolute Gasteiger partial charge is 0.416 e. The first-order valence-electron chi connectivity index (χ1n) is 11.3. The van der Waals surface area contributed by atoms with Gasteiger partial charge in [-0.3, -0.25) is 9.36 Å². The van der Waals surface area contributed by atoms with E-state index in [1.54, 1.807) is 5.32 Å². The summed E-state index contributed by atoms with van der Waals surface area (Å²) in [5.74, 6) is -1.26. The standard InChI is InChI=1S/C23H18ClF6N7O3/c24-14-7-5-13(6-8-14)19-34-36(21(40)35(19)9-17(38)23(28,29)30)10-18-32-12-37(33-18)16-4-2-1-3-15(16)20(39)31-11-22(25,26)27/h1-8,12,17,38H,9-11H2,(H,31,39)/t17-/m1/s1. The van der Waals surface area contributed by atoms with E-state index in [-0.39, 0.29) is 28.5 Å². The number of alkyl halides is 6. The molecule has 2 aromatic carbocycles. The van der Waals surface area contributed by atoms with Crippen LogP contribution in [0, 0.1) is 0 Å². The molecule has 0 radical (unpaired) electrons. The van der Waals surface area contributed by atoms with E-state index >= 15 is 0 Å². The number of rotatable bonds is 8. The maximum atomic E-state index is 13.1. The highest BCUT2D eigenvalue weighted by Crippen LogP contribution is 2.24. The molecule has 0 fully saturated rings. The molecule has 4 aromatic rings. The quantitative estimate of drug-likeness (QED) is 0.305. The number of carbonyl (C=O) groups is 1. The minimum Gasteiger partial charge on any atom is -0.382 e. The molecular weight excluding hydrogens is 572 g/mol. The number of para-hydroxylation sites is 1. The second kappa shape index (κ2) is 11.1. The molecule has 1 atom stereocenters. The summed E-state index contributed by atoms with van der Waals surface area (Å²) in [7, 11) is 0. The second-order valence-corrected chi connectivity index (χ2v) is 8.80. The number of hydrogen-bond donors (Lipinski definition) is 2. The Balaban J connectivity index is 1.65. The van der Waals surface area contributed by atoms with Crippen LogP contribution in [-0.4, -0.2) is 65.1 Å². The number of nitrogens with zero attached hydrogens (tertiary/aromatic N) is 6. The summed E-state index contributed by atoms with van der Waals surface area (Å²) in [5, 5.41) is 19.9. The van der Waals surface area contributed by atoms with E-state index in [1.807, 2.05) is 0 Å². The molecule has 10 nitrogen and oxygen atoms in total. The number of aliphatic hydroxyl groups excluding tert-OH is 1. The first-order chi connectivity index (χ1) is 18.7. The Morgan fingerprint density at radius 2 is 1.70 bits per heavy atom. The van der Waals surface area contributed by atoms with Gasteiger partial charge in [-0.05, 0) is 36.4 Å². The van der Waals surface area contributed by atoms with Crippen molar-refractivity contribution in [3.8, 4) is 17.1 Å². The third kappa shape index (κ3) is 6.69. The molecule has 2 aromatic heterocycles. The van der Waals surface area contributed by atoms with Gasteiger partial charge in [0.05, 0.1) is 17.8 Å². The zero-order chi connectivity index (χ0) is 29.2. The van der Waals surface area contributed by atoms with Crippen LogP contribution < -0.4 is 11.0 Å². The number of carbonyl (C=O) groups excluding carboxylic acids is 1. The highest BCUT2D eigenvalue weighted by Gasteiger charge is 2.39. The maximum Gasteiger partial charge on any atom is 0.416 e. The summed E-state index contributed by atoms with van der Waals surface area (Å²) >= 11 is 5.87. The van der Waals surface area contributed by atoms with Crippen molar-refractivity contribution >= 4 is 17.5 Å². The van der Waals surface area contributed by atoms with Gasteiger partial charge in [-0.1, -0.05) is 23.7 Å². The smallest absolute Gasteiger partial charge is 0.382 e. The van der Waals surface area contributed by atoms with Gasteiger partial charge in [0.15, 0.2) is 17.8 Å². The van der Waals surface area contributed by atoms with Crippen LogP contribution >= 0.6 is 11.6 Å². The summed E-state index contributed by atoms with van der Waals surface area (Å²) < 4.78 is 79.3. The van der Waals surface area contributed by atoms with Gasteiger partial charge in [0.2, 0.25) is 0 Å². The van der Waals surface area contributed by atoms with Gasteiger partial charge in [-0.25, -0.2) is 19.1 Å². The zero-order valence-electron chi connectivity index (χ0n) is 20.0. The molecule has 0 bridgehead atoms. The van der Waals surface area contributed by atoms with Crippen LogP contribution in [-0.2, 0) is 13.1 Å². The van der Waals surface area contributed by atoms with Crippen LogP contribution in [0.25, 0.3) is 17.1 Å². The molecule has 1 amide bonds. The lowest BCUT2D eigenvalue weighted by molar-refractivity contribution is -0.207. The Bertz CT molecular complexity index is 1560.